The van der Waals surface area contributed by atoms with Gasteiger partial charge in [-0.15, -0.1) is 4.89 Å². The van der Waals surface area contributed by atoms with E-state index >= 15 is 0 Å². The van der Waals surface area contributed by atoms with Crippen LogP contribution in [0.5, 0.6) is 0 Å². The number of nitrogens with one attached hydrogen (secondary N) is 1. The number of aliphatic carboxylic acids is 2. The molecular weight excluding hydrogens is 249 g/mol. The summed E-state index contributed by atoms with van der Waals surface area (Å²) in [7, 11) is -2.78. The lowest BCUT2D eigenvalue weighted by molar-refractivity contribution is -0.140. The van der Waals surface area contributed by atoms with Crippen molar-refractivity contribution < 1.29 is 29.3 Å². The maximum absolute atomic E-state index is 10.4. The second-order valence-corrected chi connectivity index (χ2v) is 4.03. The van der Waals surface area contributed by atoms with Crippen molar-refractivity contribution in [1.29, 1.82) is 0 Å². The molecule has 0 aliphatic carbocycles. The molecular formula is C9H19NO6P+. The zero-order valence-electron chi connectivity index (χ0n) is 9.92. The lowest BCUT2D eigenvalue weighted by Crippen LogP contribution is -2.32. The third-order valence-electron chi connectivity index (χ3n) is 1.71. The number of carboxylic acids is 2. The highest BCUT2D eigenvalue weighted by molar-refractivity contribution is 7.35. The van der Waals surface area contributed by atoms with Gasteiger partial charge in [-0.1, -0.05) is 31.8 Å². The predicted octanol–water partition coefficient (Wildman–Crippen LogP) is 1.35. The average molecular weight is 268 g/mol. The van der Waals surface area contributed by atoms with Gasteiger partial charge in [0.15, 0.2) is 6.04 Å². The molecule has 0 heterocycles. The Labute approximate surface area is 101 Å². The summed E-state index contributed by atoms with van der Waals surface area (Å²) in [6.45, 7) is 4.36. The molecule has 0 bridgehead atoms. The van der Waals surface area contributed by atoms with E-state index in [1.54, 1.807) is 0 Å². The molecule has 0 amide bonds. The second kappa shape index (κ2) is 11.4. The molecule has 0 aliphatic rings. The highest BCUT2D eigenvalue weighted by Crippen LogP contribution is 2.10. The molecule has 0 aliphatic heterocycles. The van der Waals surface area contributed by atoms with E-state index in [9.17, 15) is 14.2 Å². The van der Waals surface area contributed by atoms with E-state index in [0.717, 1.165) is 0 Å². The molecule has 0 spiro atoms. The number of carbonyl (C=O) groups is 2. The van der Waals surface area contributed by atoms with Crippen LogP contribution in [-0.2, 0) is 14.2 Å². The standard InChI is InChI=1S/C5H8NO6P.C4H10/c7-4(8)2-1-3(5(9)10)6-13(11)12;1-3-4-2/h3H,1-2H2,(H3-,6,7,8,9,10,11,12);3-4H2,1-2H3/p+1. The van der Waals surface area contributed by atoms with Gasteiger partial charge in [-0.2, -0.15) is 0 Å². The zero-order valence-corrected chi connectivity index (χ0v) is 10.8. The van der Waals surface area contributed by atoms with Crippen molar-refractivity contribution in [1.82, 2.24) is 5.09 Å². The van der Waals surface area contributed by atoms with Gasteiger partial charge in [0.05, 0.1) is 0 Å². The van der Waals surface area contributed by atoms with Crippen LogP contribution in [0.15, 0.2) is 0 Å². The van der Waals surface area contributed by atoms with E-state index in [0.29, 0.717) is 0 Å². The summed E-state index contributed by atoms with van der Waals surface area (Å²) in [4.78, 5) is 28.7. The Bertz CT molecular complexity index is 256. The van der Waals surface area contributed by atoms with Crippen LogP contribution in [0.4, 0.5) is 0 Å². The fraction of sp³-hybridized carbons (Fsp3) is 0.778. The molecule has 4 N–H and O–H groups in total. The third-order valence-corrected chi connectivity index (χ3v) is 2.24. The zero-order chi connectivity index (χ0) is 13.8. The quantitative estimate of drug-likeness (QED) is 0.514. The molecule has 0 saturated heterocycles. The molecule has 7 nitrogen and oxygen atoms in total. The molecule has 8 heteroatoms. The van der Waals surface area contributed by atoms with Crippen LogP contribution in [0.2, 0.25) is 0 Å². The van der Waals surface area contributed by atoms with Gasteiger partial charge < -0.3 is 10.2 Å². The summed E-state index contributed by atoms with van der Waals surface area (Å²) in [5.41, 5.74) is 0. The Balaban J connectivity index is 0. The van der Waals surface area contributed by atoms with Gasteiger partial charge in [0, 0.05) is 6.42 Å². The van der Waals surface area contributed by atoms with Crippen LogP contribution in [0, 0.1) is 0 Å². The van der Waals surface area contributed by atoms with Crippen molar-refractivity contribution in [2.45, 2.75) is 45.6 Å². The molecule has 0 fully saturated rings. The van der Waals surface area contributed by atoms with Gasteiger partial charge in [-0.3, -0.25) is 9.59 Å². The first-order chi connectivity index (χ1) is 7.84. The predicted molar refractivity (Wildman–Crippen MR) is 61.8 cm³/mol. The summed E-state index contributed by atoms with van der Waals surface area (Å²) >= 11 is 0. The fourth-order valence-corrected chi connectivity index (χ4v) is 1.15. The van der Waals surface area contributed by atoms with Crippen molar-refractivity contribution in [2.24, 2.45) is 0 Å². The van der Waals surface area contributed by atoms with Crippen molar-refractivity contribution in [3.05, 3.63) is 0 Å². The highest BCUT2D eigenvalue weighted by Gasteiger charge is 2.26. The molecule has 17 heavy (non-hydrogen) atoms. The minimum Gasteiger partial charge on any atom is -0.481 e. The summed E-state index contributed by atoms with van der Waals surface area (Å²) < 4.78 is 10.2. The normalized spacial score (nSPS) is 12.1. The Hall–Kier alpha value is -1.04. The van der Waals surface area contributed by atoms with Crippen molar-refractivity contribution in [3.63, 3.8) is 0 Å². The number of unbranched alkanes of at least 4 members (excludes halogenated alkanes) is 1. The molecule has 0 radical (unpaired) electrons. The molecule has 0 aromatic carbocycles. The first-order valence-corrected chi connectivity index (χ1v) is 6.43. The van der Waals surface area contributed by atoms with E-state index in [4.69, 9.17) is 15.1 Å². The SMILES string of the molecule is CCCC.O=C(O)CCC(N[P+](=O)O)C(=O)O. The Morgan fingerprint density at radius 2 is 1.71 bits per heavy atom. The summed E-state index contributed by atoms with van der Waals surface area (Å²) in [6, 6.07) is -1.30. The van der Waals surface area contributed by atoms with E-state index in [1.165, 1.54) is 12.8 Å². The number of hydrogen-bond acceptors (Lipinski definition) is 3. The molecule has 2 unspecified atom stereocenters. The van der Waals surface area contributed by atoms with Crippen LogP contribution < -0.4 is 5.09 Å². The Morgan fingerprint density at radius 3 is 1.94 bits per heavy atom. The first-order valence-electron chi connectivity index (χ1n) is 5.22. The summed E-state index contributed by atoms with van der Waals surface area (Å²) in [5, 5.41) is 18.5. The van der Waals surface area contributed by atoms with Gasteiger partial charge in [-0.25, -0.2) is 0 Å². The van der Waals surface area contributed by atoms with Crippen molar-refractivity contribution >= 4 is 20.1 Å². The lowest BCUT2D eigenvalue weighted by Gasteiger charge is -2.03. The van der Waals surface area contributed by atoms with Gasteiger partial charge in [0.2, 0.25) is 0 Å². The highest BCUT2D eigenvalue weighted by atomic mass is 31.1. The first kappa shape index (κ1) is 18.3. The molecule has 100 valence electrons. The van der Waals surface area contributed by atoms with Crippen LogP contribution in [0.3, 0.4) is 0 Å². The molecule has 2 atom stereocenters. The van der Waals surface area contributed by atoms with Gasteiger partial charge in [0.1, 0.15) is 0 Å². The summed E-state index contributed by atoms with van der Waals surface area (Å²) in [5.74, 6) is -2.50. The van der Waals surface area contributed by atoms with Crippen molar-refractivity contribution in [2.75, 3.05) is 0 Å². The topological polar surface area (TPSA) is 124 Å². The minimum absolute atomic E-state index is 0.230. The Kier molecular flexibility index (Phi) is 12.3. The smallest absolute Gasteiger partial charge is 0.481 e. The monoisotopic (exact) mass is 268 g/mol. The molecule has 0 aromatic rings. The van der Waals surface area contributed by atoms with Gasteiger partial charge in [0.25, 0.3) is 0 Å². The van der Waals surface area contributed by atoms with E-state index < -0.39 is 26.2 Å². The summed E-state index contributed by atoms with van der Waals surface area (Å²) in [6.07, 6.45) is 2.04. The number of carboxylic acid groups (broad SMARTS) is 2. The fourth-order valence-electron chi connectivity index (χ4n) is 0.644. The third kappa shape index (κ3) is 15.0. The van der Waals surface area contributed by atoms with Gasteiger partial charge in [-0.05, 0) is 11.0 Å². The Morgan fingerprint density at radius 1 is 1.24 bits per heavy atom. The average Bonchev–Trinajstić information content (AvgIpc) is 2.23. The number of hydrogen-bond donors (Lipinski definition) is 4. The van der Waals surface area contributed by atoms with E-state index in [-0.39, 0.29) is 12.8 Å². The number of rotatable bonds is 7. The van der Waals surface area contributed by atoms with Crippen LogP contribution in [-0.4, -0.2) is 33.1 Å². The lowest BCUT2D eigenvalue weighted by atomic mass is 10.2. The second-order valence-electron chi connectivity index (χ2n) is 3.23. The molecule has 0 rings (SSSR count). The molecule has 0 saturated carbocycles. The maximum atomic E-state index is 10.4. The molecule has 0 aromatic heterocycles. The van der Waals surface area contributed by atoms with Crippen LogP contribution in [0.1, 0.15) is 39.5 Å². The van der Waals surface area contributed by atoms with E-state index in [1.807, 2.05) is 5.09 Å². The van der Waals surface area contributed by atoms with E-state index in [2.05, 4.69) is 13.8 Å². The maximum Gasteiger partial charge on any atom is 0.611 e. The van der Waals surface area contributed by atoms with Crippen LogP contribution >= 0.6 is 8.18 Å². The van der Waals surface area contributed by atoms with Crippen LogP contribution in [0.25, 0.3) is 0 Å². The minimum atomic E-state index is -2.78. The van der Waals surface area contributed by atoms with Gasteiger partial charge >= 0.3 is 20.1 Å². The largest absolute Gasteiger partial charge is 0.611 e. The van der Waals surface area contributed by atoms with Crippen molar-refractivity contribution in [3.8, 4) is 0 Å².